The first-order valence-corrected chi connectivity index (χ1v) is 8.99. The maximum atomic E-state index is 12.4. The molecule has 0 unspecified atom stereocenters. The minimum Gasteiger partial charge on any atom is -0.315 e. The zero-order valence-corrected chi connectivity index (χ0v) is 14.9. The van der Waals surface area contributed by atoms with Gasteiger partial charge in [0.25, 0.3) is 0 Å². The molecule has 3 aromatic rings. The van der Waals surface area contributed by atoms with E-state index in [0.717, 1.165) is 5.56 Å². The Morgan fingerprint density at radius 3 is 2.64 bits per heavy atom. The Labute approximate surface area is 151 Å². The summed E-state index contributed by atoms with van der Waals surface area (Å²) in [6.45, 7) is 3.87. The fourth-order valence-corrected chi connectivity index (χ4v) is 3.48. The van der Waals surface area contributed by atoms with Gasteiger partial charge in [-0.1, -0.05) is 36.4 Å². The van der Waals surface area contributed by atoms with Gasteiger partial charge in [0.1, 0.15) is 11.1 Å². The summed E-state index contributed by atoms with van der Waals surface area (Å²) in [5, 5.41) is 19.9. The smallest absolute Gasteiger partial charge is 0.241 e. The Kier molecular flexibility index (Phi) is 5.13. The van der Waals surface area contributed by atoms with E-state index in [0.29, 0.717) is 10.6 Å². The monoisotopic (exact) mass is 349 g/mol. The summed E-state index contributed by atoms with van der Waals surface area (Å²) in [5.74, 6) is -0.147. The molecule has 3 rings (SSSR count). The lowest BCUT2D eigenvalue weighted by molar-refractivity contribution is -0.117. The van der Waals surface area contributed by atoms with Gasteiger partial charge in [0, 0.05) is 6.04 Å². The Morgan fingerprint density at radius 1 is 1.12 bits per heavy atom. The molecule has 0 aliphatic heterocycles. The number of fused-ring (bicyclic) bond motifs is 1. The van der Waals surface area contributed by atoms with Crippen LogP contribution in [-0.4, -0.2) is 11.9 Å². The predicted octanol–water partition coefficient (Wildman–Crippen LogP) is 4.45. The fourth-order valence-electron chi connectivity index (χ4n) is 2.74. The molecular formula is C20H19N3OS. The van der Waals surface area contributed by atoms with Crippen LogP contribution in [0.25, 0.3) is 10.8 Å². The first kappa shape index (κ1) is 17.2. The van der Waals surface area contributed by atoms with Crippen molar-refractivity contribution in [3.63, 3.8) is 0 Å². The molecular weight excluding hydrogens is 330 g/mol. The van der Waals surface area contributed by atoms with Gasteiger partial charge in [0.2, 0.25) is 5.91 Å². The van der Waals surface area contributed by atoms with Gasteiger partial charge < -0.3 is 5.32 Å². The number of thiophene rings is 1. The van der Waals surface area contributed by atoms with Crippen molar-refractivity contribution in [2.75, 3.05) is 5.32 Å². The lowest BCUT2D eigenvalue weighted by Crippen LogP contribution is -2.39. The molecule has 0 aliphatic carbocycles. The van der Waals surface area contributed by atoms with Crippen molar-refractivity contribution >= 4 is 33.0 Å². The van der Waals surface area contributed by atoms with E-state index in [1.165, 1.54) is 22.1 Å². The van der Waals surface area contributed by atoms with Gasteiger partial charge in [-0.15, -0.1) is 11.3 Å². The van der Waals surface area contributed by atoms with Gasteiger partial charge in [-0.05, 0) is 47.7 Å². The summed E-state index contributed by atoms with van der Waals surface area (Å²) in [6, 6.07) is 18.0. The SMILES string of the molecule is C[C@H](N[C@H](C)C(=O)Nc1sccc1C#N)c1ccc2ccccc2c1. The summed E-state index contributed by atoms with van der Waals surface area (Å²) in [5.41, 5.74) is 1.63. The summed E-state index contributed by atoms with van der Waals surface area (Å²) >= 11 is 1.35. The van der Waals surface area contributed by atoms with Crippen molar-refractivity contribution in [3.8, 4) is 6.07 Å². The second-order valence-electron chi connectivity index (χ2n) is 5.98. The van der Waals surface area contributed by atoms with E-state index in [-0.39, 0.29) is 18.0 Å². The Morgan fingerprint density at radius 2 is 1.88 bits per heavy atom. The van der Waals surface area contributed by atoms with Gasteiger partial charge in [0.15, 0.2) is 0 Å². The van der Waals surface area contributed by atoms with Crippen molar-refractivity contribution < 1.29 is 4.79 Å². The van der Waals surface area contributed by atoms with E-state index < -0.39 is 0 Å². The van der Waals surface area contributed by atoms with E-state index in [9.17, 15) is 4.79 Å². The second kappa shape index (κ2) is 7.47. The quantitative estimate of drug-likeness (QED) is 0.715. The minimum absolute atomic E-state index is 0.0316. The van der Waals surface area contributed by atoms with Crippen LogP contribution in [0.3, 0.4) is 0 Å². The Balaban J connectivity index is 1.67. The summed E-state index contributed by atoms with van der Waals surface area (Å²) < 4.78 is 0. The molecule has 0 saturated heterocycles. The van der Waals surface area contributed by atoms with Crippen LogP contribution >= 0.6 is 11.3 Å². The molecule has 2 aromatic carbocycles. The van der Waals surface area contributed by atoms with E-state index in [1.54, 1.807) is 11.4 Å². The number of nitrogens with zero attached hydrogens (tertiary/aromatic N) is 1. The van der Waals surface area contributed by atoms with E-state index in [4.69, 9.17) is 5.26 Å². The lowest BCUT2D eigenvalue weighted by Gasteiger charge is -2.20. The maximum absolute atomic E-state index is 12.4. The number of carbonyl (C=O) groups is 1. The zero-order valence-electron chi connectivity index (χ0n) is 14.1. The highest BCUT2D eigenvalue weighted by Gasteiger charge is 2.18. The van der Waals surface area contributed by atoms with Crippen LogP contribution in [0.1, 0.15) is 31.0 Å². The molecule has 0 saturated carbocycles. The van der Waals surface area contributed by atoms with Crippen LogP contribution in [0.5, 0.6) is 0 Å². The number of hydrogen-bond donors (Lipinski definition) is 2. The summed E-state index contributed by atoms with van der Waals surface area (Å²) in [6.07, 6.45) is 0. The second-order valence-corrected chi connectivity index (χ2v) is 6.90. The molecule has 0 fully saturated rings. The van der Waals surface area contributed by atoms with Crippen LogP contribution in [0.15, 0.2) is 53.9 Å². The highest BCUT2D eigenvalue weighted by molar-refractivity contribution is 7.14. The predicted molar refractivity (Wildman–Crippen MR) is 103 cm³/mol. The van der Waals surface area contributed by atoms with Gasteiger partial charge in [-0.25, -0.2) is 0 Å². The summed E-state index contributed by atoms with van der Waals surface area (Å²) in [4.78, 5) is 12.4. The topological polar surface area (TPSA) is 64.9 Å². The molecule has 126 valence electrons. The molecule has 2 N–H and O–H groups in total. The average Bonchev–Trinajstić information content (AvgIpc) is 3.08. The number of rotatable bonds is 5. The van der Waals surface area contributed by atoms with Gasteiger partial charge >= 0.3 is 0 Å². The molecule has 0 radical (unpaired) electrons. The number of nitrogens with one attached hydrogen (secondary N) is 2. The van der Waals surface area contributed by atoms with Gasteiger partial charge in [0.05, 0.1) is 11.6 Å². The van der Waals surface area contributed by atoms with Crippen LogP contribution in [0.4, 0.5) is 5.00 Å². The minimum atomic E-state index is -0.380. The van der Waals surface area contributed by atoms with Crippen LogP contribution in [0.2, 0.25) is 0 Å². The molecule has 2 atom stereocenters. The van der Waals surface area contributed by atoms with Gasteiger partial charge in [-0.2, -0.15) is 5.26 Å². The third kappa shape index (κ3) is 3.87. The third-order valence-electron chi connectivity index (χ3n) is 4.19. The fraction of sp³-hybridized carbons (Fsp3) is 0.200. The first-order chi connectivity index (χ1) is 12.1. The number of benzene rings is 2. The highest BCUT2D eigenvalue weighted by atomic mass is 32.1. The van der Waals surface area contributed by atoms with Crippen LogP contribution in [-0.2, 0) is 4.79 Å². The normalized spacial score (nSPS) is 13.2. The molecule has 1 heterocycles. The first-order valence-electron chi connectivity index (χ1n) is 8.11. The van der Waals surface area contributed by atoms with Gasteiger partial charge in [-0.3, -0.25) is 10.1 Å². The van der Waals surface area contributed by atoms with E-state index in [2.05, 4.69) is 47.0 Å². The van der Waals surface area contributed by atoms with E-state index in [1.807, 2.05) is 26.0 Å². The molecule has 4 nitrogen and oxygen atoms in total. The Hall–Kier alpha value is -2.68. The van der Waals surface area contributed by atoms with Crippen molar-refractivity contribution in [2.45, 2.75) is 25.9 Å². The molecule has 0 bridgehead atoms. The molecule has 1 aromatic heterocycles. The summed E-state index contributed by atoms with van der Waals surface area (Å²) in [7, 11) is 0. The van der Waals surface area contributed by atoms with E-state index >= 15 is 0 Å². The number of nitriles is 1. The molecule has 25 heavy (non-hydrogen) atoms. The zero-order chi connectivity index (χ0) is 17.8. The number of hydrogen-bond acceptors (Lipinski definition) is 4. The van der Waals surface area contributed by atoms with Crippen LogP contribution < -0.4 is 10.6 Å². The number of carbonyl (C=O) groups excluding carboxylic acids is 1. The van der Waals surface area contributed by atoms with Crippen LogP contribution in [0, 0.1) is 11.3 Å². The molecule has 0 aliphatic rings. The lowest BCUT2D eigenvalue weighted by atomic mass is 10.0. The van der Waals surface area contributed by atoms with Crippen molar-refractivity contribution in [2.24, 2.45) is 0 Å². The Bertz CT molecular complexity index is 941. The largest absolute Gasteiger partial charge is 0.315 e. The molecule has 1 amide bonds. The molecule has 0 spiro atoms. The highest BCUT2D eigenvalue weighted by Crippen LogP contribution is 2.23. The number of amides is 1. The number of anilines is 1. The van der Waals surface area contributed by atoms with Crippen molar-refractivity contribution in [1.82, 2.24) is 5.32 Å². The standard InChI is InChI=1S/C20H19N3OS/c1-13(16-8-7-15-5-3-4-6-17(15)11-16)22-14(2)19(24)23-20-18(12-21)9-10-25-20/h3-11,13-14,22H,1-2H3,(H,23,24)/t13-,14+/m0/s1. The average molecular weight is 349 g/mol. The van der Waals surface area contributed by atoms with Crippen molar-refractivity contribution in [1.29, 1.82) is 5.26 Å². The molecule has 5 heteroatoms. The maximum Gasteiger partial charge on any atom is 0.241 e. The third-order valence-corrected chi connectivity index (χ3v) is 5.02. The van der Waals surface area contributed by atoms with Crippen molar-refractivity contribution in [3.05, 3.63) is 65.0 Å².